The molecule has 0 saturated carbocycles. The van der Waals surface area contributed by atoms with E-state index in [1.165, 1.54) is 0 Å². The van der Waals surface area contributed by atoms with Gasteiger partial charge in [-0.3, -0.25) is 0 Å². The van der Waals surface area contributed by atoms with Crippen molar-refractivity contribution in [3.05, 3.63) is 54.6 Å². The van der Waals surface area contributed by atoms with Gasteiger partial charge in [0.25, 0.3) is 0 Å². The van der Waals surface area contributed by atoms with Crippen LogP contribution in [-0.2, 0) is 0 Å². The highest BCUT2D eigenvalue weighted by Gasteiger charge is 2.33. The van der Waals surface area contributed by atoms with E-state index in [0.29, 0.717) is 0 Å². The molecule has 0 aliphatic carbocycles. The fraction of sp³-hybridized carbons (Fsp3) is 0. The SMILES string of the molecule is Fc1c(F)c(-c2c(F)c(F)c(I)c(F)c2F)c(F)c(F)c1Br. The summed E-state index contributed by atoms with van der Waals surface area (Å²) in [6, 6.07) is 0. The second-order valence-electron chi connectivity index (χ2n) is 3.89. The first-order chi connectivity index (χ1) is 10.1. The Labute approximate surface area is 139 Å². The summed E-state index contributed by atoms with van der Waals surface area (Å²) in [5, 5.41) is 0. The van der Waals surface area contributed by atoms with E-state index in [1.807, 2.05) is 0 Å². The van der Waals surface area contributed by atoms with Gasteiger partial charge < -0.3 is 0 Å². The molecule has 0 fully saturated rings. The van der Waals surface area contributed by atoms with Crippen molar-refractivity contribution in [1.82, 2.24) is 0 Å². The lowest BCUT2D eigenvalue weighted by molar-refractivity contribution is 0.434. The first-order valence-corrected chi connectivity index (χ1v) is 7.01. The van der Waals surface area contributed by atoms with Gasteiger partial charge in [-0.2, -0.15) is 0 Å². The molecule has 2 aromatic rings. The van der Waals surface area contributed by atoms with Crippen LogP contribution in [0.3, 0.4) is 0 Å². The predicted octanol–water partition coefficient (Wildman–Crippen LogP) is 5.83. The average molecular weight is 503 g/mol. The van der Waals surface area contributed by atoms with Crippen molar-refractivity contribution in [2.75, 3.05) is 0 Å². The van der Waals surface area contributed by atoms with Crippen LogP contribution in [0.15, 0.2) is 4.47 Å². The molecule has 0 spiro atoms. The van der Waals surface area contributed by atoms with Gasteiger partial charge in [-0.1, -0.05) is 0 Å². The zero-order valence-electron chi connectivity index (χ0n) is 9.78. The largest absolute Gasteiger partial charge is 0.203 e. The monoisotopic (exact) mass is 502 g/mol. The predicted molar refractivity (Wildman–Crippen MR) is 72.0 cm³/mol. The van der Waals surface area contributed by atoms with E-state index in [-0.39, 0.29) is 0 Å². The van der Waals surface area contributed by atoms with Crippen LogP contribution in [0.5, 0.6) is 0 Å². The van der Waals surface area contributed by atoms with Crippen molar-refractivity contribution >= 4 is 38.5 Å². The maximum Gasteiger partial charge on any atom is 0.176 e. The van der Waals surface area contributed by atoms with Gasteiger partial charge in [-0.25, -0.2) is 35.1 Å². The van der Waals surface area contributed by atoms with E-state index >= 15 is 0 Å². The molecule has 0 aliphatic heterocycles. The molecule has 0 radical (unpaired) electrons. The van der Waals surface area contributed by atoms with E-state index in [0.717, 1.165) is 22.6 Å². The van der Waals surface area contributed by atoms with Crippen LogP contribution in [-0.4, -0.2) is 0 Å². The highest BCUT2D eigenvalue weighted by molar-refractivity contribution is 14.1. The molecule has 118 valence electrons. The molecule has 22 heavy (non-hydrogen) atoms. The van der Waals surface area contributed by atoms with Gasteiger partial charge in [0.05, 0.1) is 19.2 Å². The molecule has 0 aromatic heterocycles. The minimum absolute atomic E-state index is 0.919. The summed E-state index contributed by atoms with van der Waals surface area (Å²) in [5.74, 6) is -16.7. The Morgan fingerprint density at radius 3 is 1.09 bits per heavy atom. The first kappa shape index (κ1) is 17.4. The topological polar surface area (TPSA) is 0 Å². The van der Waals surface area contributed by atoms with Crippen molar-refractivity contribution in [2.45, 2.75) is 0 Å². The Hall–Kier alpha value is -0.910. The number of hydrogen-bond donors (Lipinski definition) is 0. The Kier molecular flexibility index (Phi) is 4.71. The van der Waals surface area contributed by atoms with Crippen LogP contribution in [0.4, 0.5) is 35.1 Å². The Morgan fingerprint density at radius 2 is 0.773 bits per heavy atom. The first-order valence-electron chi connectivity index (χ1n) is 5.14. The minimum atomic E-state index is -2.21. The lowest BCUT2D eigenvalue weighted by Crippen LogP contribution is -2.08. The second kappa shape index (κ2) is 5.95. The summed E-state index contributed by atoms with van der Waals surface area (Å²) in [4.78, 5) is 0. The van der Waals surface area contributed by atoms with Crippen LogP contribution in [0, 0.1) is 50.1 Å². The number of rotatable bonds is 1. The van der Waals surface area contributed by atoms with E-state index in [1.54, 1.807) is 0 Å². The zero-order valence-corrected chi connectivity index (χ0v) is 13.5. The van der Waals surface area contributed by atoms with E-state index in [9.17, 15) is 35.1 Å². The lowest BCUT2D eigenvalue weighted by Gasteiger charge is -2.12. The second-order valence-corrected chi connectivity index (χ2v) is 5.76. The molecule has 0 amide bonds. The van der Waals surface area contributed by atoms with Gasteiger partial charge in [0, 0.05) is 0 Å². The third kappa shape index (κ3) is 2.39. The highest BCUT2D eigenvalue weighted by atomic mass is 127. The number of benzene rings is 2. The van der Waals surface area contributed by atoms with Crippen molar-refractivity contribution in [1.29, 1.82) is 0 Å². The normalized spacial score (nSPS) is 11.2. The van der Waals surface area contributed by atoms with Crippen molar-refractivity contribution in [2.24, 2.45) is 0 Å². The lowest BCUT2D eigenvalue weighted by atomic mass is 10.0. The fourth-order valence-corrected chi connectivity index (χ4v) is 2.47. The van der Waals surface area contributed by atoms with E-state index < -0.39 is 65.7 Å². The van der Waals surface area contributed by atoms with Gasteiger partial charge in [-0.05, 0) is 38.5 Å². The van der Waals surface area contributed by atoms with Crippen LogP contribution in [0.2, 0.25) is 0 Å². The molecule has 0 atom stereocenters. The molecule has 0 nitrogen and oxygen atoms in total. The summed E-state index contributed by atoms with van der Waals surface area (Å²) in [7, 11) is 0. The maximum absolute atomic E-state index is 13.7. The van der Waals surface area contributed by atoms with Crippen LogP contribution >= 0.6 is 38.5 Å². The Morgan fingerprint density at radius 1 is 0.500 bits per heavy atom. The molecule has 0 aliphatic rings. The zero-order chi connectivity index (χ0) is 16.9. The summed E-state index contributed by atoms with van der Waals surface area (Å²) in [6.45, 7) is 0. The molecule has 0 saturated heterocycles. The fourth-order valence-electron chi connectivity index (χ4n) is 1.65. The van der Waals surface area contributed by atoms with Gasteiger partial charge in [0.15, 0.2) is 46.5 Å². The van der Waals surface area contributed by atoms with Crippen LogP contribution in [0.25, 0.3) is 11.1 Å². The minimum Gasteiger partial charge on any atom is -0.203 e. The van der Waals surface area contributed by atoms with Crippen molar-refractivity contribution < 1.29 is 35.1 Å². The summed E-state index contributed by atoms with van der Waals surface area (Å²) >= 11 is 3.12. The van der Waals surface area contributed by atoms with Gasteiger partial charge >= 0.3 is 0 Å². The molecule has 0 unspecified atom stereocenters. The third-order valence-corrected chi connectivity index (χ3v) is 4.31. The molecular formula is C12BrF8I. The summed E-state index contributed by atoms with van der Waals surface area (Å²) < 4.78 is 106. The van der Waals surface area contributed by atoms with Gasteiger partial charge in [-0.15, -0.1) is 0 Å². The van der Waals surface area contributed by atoms with E-state index in [4.69, 9.17) is 0 Å². The van der Waals surface area contributed by atoms with Crippen LogP contribution < -0.4 is 0 Å². The van der Waals surface area contributed by atoms with Crippen LogP contribution in [0.1, 0.15) is 0 Å². The van der Waals surface area contributed by atoms with Crippen molar-refractivity contribution in [3.8, 4) is 11.1 Å². The van der Waals surface area contributed by atoms with Crippen molar-refractivity contribution in [3.63, 3.8) is 0 Å². The quantitative estimate of drug-likeness (QED) is 0.199. The van der Waals surface area contributed by atoms with Gasteiger partial charge in [0.1, 0.15) is 0 Å². The molecule has 0 heterocycles. The number of halogens is 10. The van der Waals surface area contributed by atoms with E-state index in [2.05, 4.69) is 15.9 Å². The highest BCUT2D eigenvalue weighted by Crippen LogP contribution is 2.39. The molecule has 2 aromatic carbocycles. The smallest absolute Gasteiger partial charge is 0.176 e. The molecule has 2 rings (SSSR count). The average Bonchev–Trinajstić information content (AvgIpc) is 2.50. The standard InChI is InChI=1S/C12BrF8I/c13-3-8(18)4(14)1(5(15)9(3)19)2-6(16)10(20)12(22)11(21)7(2)17. The maximum atomic E-state index is 13.7. The molecule has 0 bridgehead atoms. The van der Waals surface area contributed by atoms with Gasteiger partial charge in [0.2, 0.25) is 0 Å². The Bertz CT molecular complexity index is 679. The molecular weight excluding hydrogens is 503 g/mol. The third-order valence-electron chi connectivity index (χ3n) is 2.67. The summed E-state index contributed by atoms with van der Waals surface area (Å²) in [6.07, 6.45) is 0. The summed E-state index contributed by atoms with van der Waals surface area (Å²) in [5.41, 5.74) is -3.77. The molecule has 0 N–H and O–H groups in total. The Balaban J connectivity index is 3.03. The molecule has 10 heteroatoms. The number of hydrogen-bond acceptors (Lipinski definition) is 0.